The molecule has 3 aliphatic rings. The number of carboxylic acid groups (broad SMARTS) is 1. The minimum absolute atomic E-state index is 0.0166. The number of benzene rings is 1. The van der Waals surface area contributed by atoms with Gasteiger partial charge < -0.3 is 14.7 Å². The summed E-state index contributed by atoms with van der Waals surface area (Å²) in [6, 6.07) is 5.38. The van der Waals surface area contributed by atoms with Gasteiger partial charge in [0.15, 0.2) is 11.6 Å². The third kappa shape index (κ3) is 4.20. The number of carbonyl (C=O) groups excluding carboxylic acids is 2. The van der Waals surface area contributed by atoms with Crippen molar-refractivity contribution in [2.75, 3.05) is 13.2 Å². The van der Waals surface area contributed by atoms with Crippen LogP contribution in [0.3, 0.4) is 0 Å². The quantitative estimate of drug-likeness (QED) is 0.619. The lowest BCUT2D eigenvalue weighted by molar-refractivity contribution is -0.137. The molecule has 1 heterocycles. The van der Waals surface area contributed by atoms with Crippen molar-refractivity contribution in [1.82, 2.24) is 4.90 Å². The predicted octanol–water partition coefficient (Wildman–Crippen LogP) is 5.02. The van der Waals surface area contributed by atoms with Crippen LogP contribution in [0.2, 0.25) is 5.02 Å². The zero-order chi connectivity index (χ0) is 22.8. The first kappa shape index (κ1) is 22.6. The molecule has 7 heteroatoms. The molecule has 6 nitrogen and oxygen atoms in total. The average Bonchev–Trinajstić information content (AvgIpc) is 2.76. The molecule has 0 saturated carbocycles. The number of hydrogen-bond donors (Lipinski definition) is 1. The smallest absolute Gasteiger partial charge is 0.305 e. The third-order valence-corrected chi connectivity index (χ3v) is 6.62. The van der Waals surface area contributed by atoms with Crippen molar-refractivity contribution in [2.24, 2.45) is 0 Å². The molecule has 170 valence electrons. The van der Waals surface area contributed by atoms with E-state index in [0.29, 0.717) is 54.2 Å². The van der Waals surface area contributed by atoms with Crippen LogP contribution < -0.4 is 4.74 Å². The number of rotatable bonds is 7. The minimum Gasteiger partial charge on any atom is -0.493 e. The molecule has 2 aliphatic carbocycles. The van der Waals surface area contributed by atoms with E-state index in [0.717, 1.165) is 36.2 Å². The fourth-order valence-corrected chi connectivity index (χ4v) is 5.27. The lowest BCUT2D eigenvalue weighted by Gasteiger charge is -2.44. The van der Waals surface area contributed by atoms with Crippen molar-refractivity contribution >= 4 is 29.1 Å². The summed E-state index contributed by atoms with van der Waals surface area (Å²) in [7, 11) is 0. The Morgan fingerprint density at radius 2 is 1.72 bits per heavy atom. The summed E-state index contributed by atoms with van der Waals surface area (Å²) < 4.78 is 6.01. The van der Waals surface area contributed by atoms with Gasteiger partial charge in [-0.25, -0.2) is 0 Å². The van der Waals surface area contributed by atoms with E-state index in [1.807, 2.05) is 24.0 Å². The molecule has 4 rings (SSSR count). The molecular formula is C25H28ClNO5. The number of aliphatic carboxylic acids is 1. The SMILES string of the molecule is CCCOc1ccc(Cl)cc1C1C2=C(CCCC2=O)N(CCC(=O)O)C2=C1C(=O)CCC2. The molecule has 0 atom stereocenters. The number of nitrogens with zero attached hydrogens (tertiary/aromatic N) is 1. The van der Waals surface area contributed by atoms with Crippen molar-refractivity contribution in [3.05, 3.63) is 51.3 Å². The molecule has 32 heavy (non-hydrogen) atoms. The highest BCUT2D eigenvalue weighted by molar-refractivity contribution is 6.30. The number of Topliss-reactive ketones (excluding diaryl/α,β-unsaturated/α-hetero) is 2. The molecule has 0 saturated heterocycles. The maximum atomic E-state index is 13.3. The first-order chi connectivity index (χ1) is 15.4. The summed E-state index contributed by atoms with van der Waals surface area (Å²) >= 11 is 6.37. The van der Waals surface area contributed by atoms with Gasteiger partial charge in [-0.05, 0) is 50.3 Å². The second-order valence-corrected chi connectivity index (χ2v) is 8.97. The van der Waals surface area contributed by atoms with E-state index in [1.54, 1.807) is 6.07 Å². The van der Waals surface area contributed by atoms with Gasteiger partial charge >= 0.3 is 5.97 Å². The number of carbonyl (C=O) groups is 3. The Labute approximate surface area is 192 Å². The van der Waals surface area contributed by atoms with Gasteiger partial charge in [0, 0.05) is 58.4 Å². The Bertz CT molecular complexity index is 981. The summed E-state index contributed by atoms with van der Waals surface area (Å²) in [5.74, 6) is -0.750. The summed E-state index contributed by atoms with van der Waals surface area (Å²) in [4.78, 5) is 39.9. The van der Waals surface area contributed by atoms with Gasteiger partial charge in [-0.15, -0.1) is 0 Å². The van der Waals surface area contributed by atoms with Crippen molar-refractivity contribution < 1.29 is 24.2 Å². The number of hydrogen-bond acceptors (Lipinski definition) is 5. The molecule has 0 bridgehead atoms. The predicted molar refractivity (Wildman–Crippen MR) is 121 cm³/mol. The van der Waals surface area contributed by atoms with E-state index < -0.39 is 11.9 Å². The largest absolute Gasteiger partial charge is 0.493 e. The zero-order valence-corrected chi connectivity index (χ0v) is 19.0. The Morgan fingerprint density at radius 1 is 1.09 bits per heavy atom. The second-order valence-electron chi connectivity index (χ2n) is 8.53. The number of ether oxygens (including phenoxy) is 1. The highest BCUT2D eigenvalue weighted by atomic mass is 35.5. The van der Waals surface area contributed by atoms with Gasteiger partial charge in [-0.3, -0.25) is 14.4 Å². The lowest BCUT2D eigenvalue weighted by Crippen LogP contribution is -2.40. The van der Waals surface area contributed by atoms with E-state index in [9.17, 15) is 19.5 Å². The molecule has 0 unspecified atom stereocenters. The van der Waals surface area contributed by atoms with Crippen molar-refractivity contribution in [3.8, 4) is 5.75 Å². The normalized spacial score (nSPS) is 19.2. The zero-order valence-electron chi connectivity index (χ0n) is 18.3. The van der Waals surface area contributed by atoms with Gasteiger partial charge in [0.2, 0.25) is 0 Å². The molecule has 0 spiro atoms. The number of allylic oxidation sites excluding steroid dienone is 4. The van der Waals surface area contributed by atoms with E-state index in [-0.39, 0.29) is 24.5 Å². The van der Waals surface area contributed by atoms with Crippen LogP contribution in [0.25, 0.3) is 0 Å². The highest BCUT2D eigenvalue weighted by Gasteiger charge is 2.44. The highest BCUT2D eigenvalue weighted by Crippen LogP contribution is 2.51. The summed E-state index contributed by atoms with van der Waals surface area (Å²) in [5.41, 5.74) is 3.69. The molecule has 0 fully saturated rings. The van der Waals surface area contributed by atoms with E-state index >= 15 is 0 Å². The topological polar surface area (TPSA) is 83.9 Å². The van der Waals surface area contributed by atoms with E-state index in [2.05, 4.69) is 0 Å². The molecule has 0 amide bonds. The summed E-state index contributed by atoms with van der Waals surface area (Å²) in [6.45, 7) is 2.80. The van der Waals surface area contributed by atoms with Crippen LogP contribution in [0, 0.1) is 0 Å². The Balaban J connectivity index is 1.93. The van der Waals surface area contributed by atoms with Crippen molar-refractivity contribution in [1.29, 1.82) is 0 Å². The van der Waals surface area contributed by atoms with Crippen LogP contribution in [0.5, 0.6) is 5.75 Å². The van der Waals surface area contributed by atoms with Crippen LogP contribution >= 0.6 is 11.6 Å². The molecule has 1 aromatic rings. The van der Waals surface area contributed by atoms with Gasteiger partial charge in [0.1, 0.15) is 5.75 Å². The van der Waals surface area contributed by atoms with Gasteiger partial charge in [-0.2, -0.15) is 0 Å². The number of halogens is 1. The standard InChI is InChI=1S/C25H28ClNO5/c1-2-13-32-21-10-9-15(26)14-16(21)23-24-17(5-3-7-19(24)28)27(12-11-22(30)31)18-6-4-8-20(29)25(18)23/h9-10,14,23H,2-8,11-13H2,1H3,(H,30,31). The molecule has 1 N–H and O–H groups in total. The van der Waals surface area contributed by atoms with Crippen molar-refractivity contribution in [2.45, 2.75) is 64.2 Å². The van der Waals surface area contributed by atoms with Crippen LogP contribution in [0.1, 0.15) is 69.8 Å². The van der Waals surface area contributed by atoms with Crippen LogP contribution in [0.4, 0.5) is 0 Å². The summed E-state index contributed by atoms with van der Waals surface area (Å²) in [5, 5.41) is 9.82. The Kier molecular flexibility index (Phi) is 6.70. The van der Waals surface area contributed by atoms with Crippen molar-refractivity contribution in [3.63, 3.8) is 0 Å². The first-order valence-electron chi connectivity index (χ1n) is 11.4. The van der Waals surface area contributed by atoms with Crippen LogP contribution in [0.15, 0.2) is 40.7 Å². The van der Waals surface area contributed by atoms with Crippen LogP contribution in [-0.2, 0) is 14.4 Å². The molecule has 0 radical (unpaired) electrons. The maximum Gasteiger partial charge on any atom is 0.305 e. The second kappa shape index (κ2) is 9.49. The Morgan fingerprint density at radius 3 is 2.28 bits per heavy atom. The molecule has 0 aromatic heterocycles. The average molecular weight is 458 g/mol. The van der Waals surface area contributed by atoms with Gasteiger partial charge in [0.25, 0.3) is 0 Å². The van der Waals surface area contributed by atoms with E-state index in [1.165, 1.54) is 0 Å². The number of carboxylic acids is 1. The van der Waals surface area contributed by atoms with E-state index in [4.69, 9.17) is 16.3 Å². The third-order valence-electron chi connectivity index (χ3n) is 6.38. The number of ketones is 2. The molecule has 1 aliphatic heterocycles. The maximum absolute atomic E-state index is 13.3. The van der Waals surface area contributed by atoms with Gasteiger partial charge in [-0.1, -0.05) is 18.5 Å². The minimum atomic E-state index is -0.897. The van der Waals surface area contributed by atoms with Gasteiger partial charge in [0.05, 0.1) is 13.0 Å². The fraction of sp³-hybridized carbons (Fsp3) is 0.480. The van der Waals surface area contributed by atoms with Crippen LogP contribution in [-0.4, -0.2) is 40.7 Å². The lowest BCUT2D eigenvalue weighted by atomic mass is 9.70. The fourth-order valence-electron chi connectivity index (χ4n) is 5.09. The first-order valence-corrected chi connectivity index (χ1v) is 11.7. The Hall–Kier alpha value is -2.60. The molecular weight excluding hydrogens is 430 g/mol. The summed E-state index contributed by atoms with van der Waals surface area (Å²) in [6.07, 6.45) is 4.44. The molecule has 1 aromatic carbocycles. The monoisotopic (exact) mass is 457 g/mol.